The van der Waals surface area contributed by atoms with E-state index in [0.717, 1.165) is 16.5 Å². The van der Waals surface area contributed by atoms with Crippen molar-refractivity contribution >= 4 is 16.8 Å². The van der Waals surface area contributed by atoms with E-state index in [1.807, 2.05) is 38.1 Å². The van der Waals surface area contributed by atoms with Gasteiger partial charge in [-0.3, -0.25) is 9.78 Å². The molecule has 3 aromatic rings. The molecular weight excluding hydrogens is 331 g/mol. The molecule has 0 fully saturated rings. The summed E-state index contributed by atoms with van der Waals surface area (Å²) in [5, 5.41) is 0.954. The lowest BCUT2D eigenvalue weighted by atomic mass is 10.1. The number of halogens is 1. The van der Waals surface area contributed by atoms with Crippen molar-refractivity contribution in [2.45, 2.75) is 13.8 Å². The van der Waals surface area contributed by atoms with Gasteiger partial charge in [0.15, 0.2) is 0 Å². The van der Waals surface area contributed by atoms with Crippen LogP contribution in [-0.4, -0.2) is 36.0 Å². The predicted molar refractivity (Wildman–Crippen MR) is 100 cm³/mol. The van der Waals surface area contributed by atoms with Crippen LogP contribution >= 0.6 is 0 Å². The van der Waals surface area contributed by atoms with Gasteiger partial charge in [0, 0.05) is 12.4 Å². The molecule has 0 radical (unpaired) electrons. The minimum absolute atomic E-state index is 0.0962. The molecule has 0 saturated heterocycles. The van der Waals surface area contributed by atoms with Gasteiger partial charge >= 0.3 is 0 Å². The molecule has 2 aromatic carbocycles. The Morgan fingerprint density at radius 3 is 2.58 bits per heavy atom. The number of amides is 1. The molecule has 0 unspecified atom stereocenters. The van der Waals surface area contributed by atoms with Crippen molar-refractivity contribution < 1.29 is 13.9 Å². The van der Waals surface area contributed by atoms with E-state index in [1.165, 1.54) is 12.1 Å². The zero-order valence-electron chi connectivity index (χ0n) is 15.1. The van der Waals surface area contributed by atoms with E-state index in [9.17, 15) is 9.18 Å². The number of aryl methyl sites for hydroxylation is 2. The Bertz CT molecular complexity index is 939. The van der Waals surface area contributed by atoms with Gasteiger partial charge in [-0.25, -0.2) is 4.39 Å². The summed E-state index contributed by atoms with van der Waals surface area (Å²) in [6.45, 7) is 4.60. The van der Waals surface area contributed by atoms with E-state index in [0.29, 0.717) is 30.2 Å². The van der Waals surface area contributed by atoms with Crippen molar-refractivity contribution in [2.24, 2.45) is 0 Å². The van der Waals surface area contributed by atoms with Gasteiger partial charge in [-0.05, 0) is 56.3 Å². The Balaban J connectivity index is 1.68. The summed E-state index contributed by atoms with van der Waals surface area (Å²) in [6.07, 6.45) is 0. The predicted octanol–water partition coefficient (Wildman–Crippen LogP) is 4.14. The Morgan fingerprint density at radius 1 is 1.12 bits per heavy atom. The first-order valence-electron chi connectivity index (χ1n) is 8.46. The number of ether oxygens (including phenoxy) is 1. The molecule has 0 aliphatic heterocycles. The van der Waals surface area contributed by atoms with E-state index in [2.05, 4.69) is 4.98 Å². The first kappa shape index (κ1) is 17.9. The highest BCUT2D eigenvalue weighted by molar-refractivity contribution is 5.98. The molecule has 0 bridgehead atoms. The second kappa shape index (κ2) is 7.52. The van der Waals surface area contributed by atoms with E-state index in [-0.39, 0.29) is 11.7 Å². The minimum Gasteiger partial charge on any atom is -0.492 e. The number of benzene rings is 2. The zero-order valence-corrected chi connectivity index (χ0v) is 15.1. The maximum Gasteiger partial charge on any atom is 0.255 e. The fourth-order valence-corrected chi connectivity index (χ4v) is 2.75. The monoisotopic (exact) mass is 352 g/mol. The molecular formula is C21H21FN2O2. The van der Waals surface area contributed by atoms with Crippen molar-refractivity contribution in [3.8, 4) is 5.75 Å². The standard InChI is InChI=1S/C21H21FN2O2/c1-14-4-9-20-16(12-14)13-19(15(2)23-20)21(25)24(3)10-11-26-18-7-5-17(22)6-8-18/h4-9,12-13H,10-11H2,1-3H3. The number of fused-ring (bicyclic) bond motifs is 1. The van der Waals surface area contributed by atoms with E-state index >= 15 is 0 Å². The molecule has 134 valence electrons. The highest BCUT2D eigenvalue weighted by Crippen LogP contribution is 2.19. The van der Waals surface area contributed by atoms with Gasteiger partial charge < -0.3 is 9.64 Å². The Kier molecular flexibility index (Phi) is 5.16. The zero-order chi connectivity index (χ0) is 18.7. The van der Waals surface area contributed by atoms with Gasteiger partial charge in [0.2, 0.25) is 0 Å². The number of hydrogen-bond donors (Lipinski definition) is 0. The smallest absolute Gasteiger partial charge is 0.255 e. The average molecular weight is 352 g/mol. The van der Waals surface area contributed by atoms with Crippen LogP contribution in [0.1, 0.15) is 21.6 Å². The minimum atomic E-state index is -0.306. The molecule has 3 rings (SSSR count). The number of hydrogen-bond acceptors (Lipinski definition) is 3. The lowest BCUT2D eigenvalue weighted by Crippen LogP contribution is -2.31. The molecule has 1 aromatic heterocycles. The summed E-state index contributed by atoms with van der Waals surface area (Å²) in [4.78, 5) is 18.9. The molecule has 0 saturated carbocycles. The average Bonchev–Trinajstić information content (AvgIpc) is 2.62. The first-order valence-corrected chi connectivity index (χ1v) is 8.46. The Labute approximate surface area is 152 Å². The number of rotatable bonds is 5. The van der Waals surface area contributed by atoms with Crippen LogP contribution in [0.2, 0.25) is 0 Å². The normalized spacial score (nSPS) is 10.8. The van der Waals surface area contributed by atoms with Crippen LogP contribution in [0.15, 0.2) is 48.5 Å². The fraction of sp³-hybridized carbons (Fsp3) is 0.238. The molecule has 1 amide bonds. The van der Waals surface area contributed by atoms with Crippen molar-refractivity contribution in [2.75, 3.05) is 20.2 Å². The summed E-state index contributed by atoms with van der Waals surface area (Å²) in [5.41, 5.74) is 3.31. The summed E-state index contributed by atoms with van der Waals surface area (Å²) in [6, 6.07) is 13.7. The lowest BCUT2D eigenvalue weighted by Gasteiger charge is -2.19. The van der Waals surface area contributed by atoms with Gasteiger partial charge in [0.1, 0.15) is 18.2 Å². The highest BCUT2D eigenvalue weighted by Gasteiger charge is 2.16. The fourth-order valence-electron chi connectivity index (χ4n) is 2.75. The van der Waals surface area contributed by atoms with Crippen LogP contribution in [0.25, 0.3) is 10.9 Å². The maximum atomic E-state index is 12.9. The summed E-state index contributed by atoms with van der Waals surface area (Å²) in [5.74, 6) is 0.173. The molecule has 1 heterocycles. The molecule has 0 spiro atoms. The van der Waals surface area contributed by atoms with Crippen molar-refractivity contribution in [3.63, 3.8) is 0 Å². The van der Waals surface area contributed by atoms with Crippen LogP contribution in [0, 0.1) is 19.7 Å². The van der Waals surface area contributed by atoms with Crippen LogP contribution in [0.3, 0.4) is 0 Å². The largest absolute Gasteiger partial charge is 0.492 e. The van der Waals surface area contributed by atoms with Gasteiger partial charge in [0.25, 0.3) is 5.91 Å². The molecule has 0 atom stereocenters. The second-order valence-electron chi connectivity index (χ2n) is 6.35. The Hall–Kier alpha value is -2.95. The van der Waals surface area contributed by atoms with Crippen LogP contribution in [0.4, 0.5) is 4.39 Å². The number of aromatic nitrogens is 1. The summed E-state index contributed by atoms with van der Waals surface area (Å²) < 4.78 is 18.4. The Morgan fingerprint density at radius 2 is 1.85 bits per heavy atom. The number of pyridine rings is 1. The van der Waals surface area contributed by atoms with Gasteiger partial charge in [-0.1, -0.05) is 11.6 Å². The molecule has 0 aliphatic carbocycles. The molecule has 4 nitrogen and oxygen atoms in total. The number of carbonyl (C=O) groups excluding carboxylic acids is 1. The molecule has 5 heteroatoms. The number of nitrogens with zero attached hydrogens (tertiary/aromatic N) is 2. The number of carbonyl (C=O) groups is 1. The molecule has 0 aliphatic rings. The van der Waals surface area contributed by atoms with Gasteiger partial charge in [-0.2, -0.15) is 0 Å². The SMILES string of the molecule is Cc1ccc2nc(C)c(C(=O)N(C)CCOc3ccc(F)cc3)cc2c1. The molecule has 0 N–H and O–H groups in total. The van der Waals surface area contributed by atoms with Crippen LogP contribution in [-0.2, 0) is 0 Å². The van der Waals surface area contributed by atoms with Gasteiger partial charge in [-0.15, -0.1) is 0 Å². The van der Waals surface area contributed by atoms with Crippen molar-refractivity contribution in [1.82, 2.24) is 9.88 Å². The van der Waals surface area contributed by atoms with Crippen LogP contribution < -0.4 is 4.74 Å². The topological polar surface area (TPSA) is 42.4 Å². The summed E-state index contributed by atoms with van der Waals surface area (Å²) >= 11 is 0. The van der Waals surface area contributed by atoms with E-state index in [4.69, 9.17) is 4.74 Å². The first-order chi connectivity index (χ1) is 12.4. The molecule has 26 heavy (non-hydrogen) atoms. The summed E-state index contributed by atoms with van der Waals surface area (Å²) in [7, 11) is 1.73. The third kappa shape index (κ3) is 3.99. The van der Waals surface area contributed by atoms with E-state index in [1.54, 1.807) is 24.1 Å². The highest BCUT2D eigenvalue weighted by atomic mass is 19.1. The third-order valence-corrected chi connectivity index (χ3v) is 4.25. The van der Waals surface area contributed by atoms with Crippen LogP contribution in [0.5, 0.6) is 5.75 Å². The quantitative estimate of drug-likeness (QED) is 0.693. The maximum absolute atomic E-state index is 12.9. The van der Waals surface area contributed by atoms with Gasteiger partial charge in [0.05, 0.1) is 23.3 Å². The van der Waals surface area contributed by atoms with E-state index < -0.39 is 0 Å². The van der Waals surface area contributed by atoms with Crippen molar-refractivity contribution in [3.05, 3.63) is 71.2 Å². The third-order valence-electron chi connectivity index (χ3n) is 4.25. The van der Waals surface area contributed by atoms with Crippen molar-refractivity contribution in [1.29, 1.82) is 0 Å². The number of likely N-dealkylation sites (N-methyl/N-ethyl adjacent to an activating group) is 1. The lowest BCUT2D eigenvalue weighted by molar-refractivity contribution is 0.0773. The second-order valence-corrected chi connectivity index (χ2v) is 6.35.